The van der Waals surface area contributed by atoms with E-state index in [1.165, 1.54) is 12.3 Å². The predicted octanol–water partition coefficient (Wildman–Crippen LogP) is 3.85. The van der Waals surface area contributed by atoms with E-state index in [9.17, 15) is 4.79 Å². The maximum atomic E-state index is 10.9. The average Bonchev–Trinajstić information content (AvgIpc) is 2.84. The van der Waals surface area contributed by atoms with Gasteiger partial charge in [-0.3, -0.25) is 4.98 Å². The van der Waals surface area contributed by atoms with E-state index in [1.54, 1.807) is 12.3 Å². The van der Waals surface area contributed by atoms with E-state index in [0.717, 1.165) is 5.39 Å². The molecule has 0 aliphatic rings. The molecule has 19 heavy (non-hydrogen) atoms. The summed E-state index contributed by atoms with van der Waals surface area (Å²) in [6, 6.07) is 8.77. The zero-order valence-corrected chi connectivity index (χ0v) is 10.4. The van der Waals surface area contributed by atoms with Gasteiger partial charge in [-0.25, -0.2) is 4.79 Å². The summed E-state index contributed by atoms with van der Waals surface area (Å²) < 4.78 is 5.65. The highest BCUT2D eigenvalue weighted by atomic mass is 35.5. The Bertz CT molecular complexity index is 779. The van der Waals surface area contributed by atoms with Gasteiger partial charge in [0.1, 0.15) is 5.76 Å². The van der Waals surface area contributed by atoms with Crippen molar-refractivity contribution in [1.29, 1.82) is 0 Å². The predicted molar refractivity (Wildman–Crippen MR) is 71.4 cm³/mol. The van der Waals surface area contributed by atoms with Gasteiger partial charge in [-0.05, 0) is 18.2 Å². The second-order valence-electron chi connectivity index (χ2n) is 4.04. The van der Waals surface area contributed by atoms with Crippen LogP contribution in [0.3, 0.4) is 0 Å². The van der Waals surface area contributed by atoms with Crippen LogP contribution in [0.15, 0.2) is 47.1 Å². The zero-order valence-electron chi connectivity index (χ0n) is 9.63. The lowest BCUT2D eigenvalue weighted by Gasteiger charge is -1.97. The third-order valence-electron chi connectivity index (χ3n) is 2.77. The van der Waals surface area contributed by atoms with Crippen molar-refractivity contribution in [3.8, 4) is 11.3 Å². The van der Waals surface area contributed by atoms with Crippen LogP contribution in [0.25, 0.3) is 22.3 Å². The van der Waals surface area contributed by atoms with Crippen molar-refractivity contribution >= 4 is 28.5 Å². The van der Waals surface area contributed by atoms with Crippen molar-refractivity contribution in [3.63, 3.8) is 0 Å². The molecular formula is C14H8ClNO3. The molecule has 94 valence electrons. The number of hydrogen-bond donors (Lipinski definition) is 1. The van der Waals surface area contributed by atoms with Gasteiger partial charge in [0.25, 0.3) is 0 Å². The third kappa shape index (κ3) is 2.06. The monoisotopic (exact) mass is 273 g/mol. The Balaban J connectivity index is 2.16. The fraction of sp³-hybridized carbons (Fsp3) is 0. The van der Waals surface area contributed by atoms with Crippen molar-refractivity contribution in [2.75, 3.05) is 0 Å². The molecule has 1 aromatic carbocycles. The lowest BCUT2D eigenvalue weighted by Crippen LogP contribution is -1.96. The van der Waals surface area contributed by atoms with Crippen LogP contribution in [-0.4, -0.2) is 16.1 Å². The molecule has 0 aliphatic heterocycles. The second kappa shape index (κ2) is 4.40. The fourth-order valence-electron chi connectivity index (χ4n) is 1.86. The van der Waals surface area contributed by atoms with E-state index in [2.05, 4.69) is 4.98 Å². The summed E-state index contributed by atoms with van der Waals surface area (Å²) in [5, 5.41) is 10.3. The average molecular weight is 274 g/mol. The zero-order chi connectivity index (χ0) is 13.4. The number of hydrogen-bond acceptors (Lipinski definition) is 3. The van der Waals surface area contributed by atoms with E-state index in [1.807, 2.05) is 18.2 Å². The molecule has 0 fully saturated rings. The molecule has 0 unspecified atom stereocenters. The number of carboxylic acids is 1. The smallest absolute Gasteiger partial charge is 0.337 e. The van der Waals surface area contributed by atoms with Crippen LogP contribution in [0.5, 0.6) is 0 Å². The number of rotatable bonds is 2. The number of fused-ring (bicyclic) bond motifs is 1. The maximum Gasteiger partial charge on any atom is 0.337 e. The van der Waals surface area contributed by atoms with Gasteiger partial charge in [0, 0.05) is 23.3 Å². The van der Waals surface area contributed by atoms with Gasteiger partial charge in [-0.1, -0.05) is 23.7 Å². The highest BCUT2D eigenvalue weighted by Crippen LogP contribution is 2.31. The molecule has 0 saturated heterocycles. The summed E-state index contributed by atoms with van der Waals surface area (Å²) in [5.74, 6) is -0.484. The number of para-hydroxylation sites is 1. The molecule has 1 N–H and O–H groups in total. The van der Waals surface area contributed by atoms with Gasteiger partial charge < -0.3 is 9.52 Å². The van der Waals surface area contributed by atoms with Gasteiger partial charge in [0.05, 0.1) is 10.6 Å². The number of nitrogens with zero attached hydrogens (tertiary/aromatic N) is 1. The SMILES string of the molecule is O=C(O)c1cncc(-c2cc3cccc(Cl)c3o2)c1. The second-order valence-corrected chi connectivity index (χ2v) is 4.44. The molecule has 3 rings (SSSR count). The number of aromatic carboxylic acids is 1. The van der Waals surface area contributed by atoms with E-state index in [0.29, 0.717) is 21.9 Å². The van der Waals surface area contributed by atoms with Crippen molar-refractivity contribution < 1.29 is 14.3 Å². The van der Waals surface area contributed by atoms with Gasteiger partial charge in [0.2, 0.25) is 0 Å². The van der Waals surface area contributed by atoms with Gasteiger partial charge in [-0.2, -0.15) is 0 Å². The standard InChI is InChI=1S/C14H8ClNO3/c15-11-3-1-2-8-5-12(19-13(8)11)9-4-10(14(17)18)7-16-6-9/h1-7H,(H,17,18). The maximum absolute atomic E-state index is 10.9. The molecule has 0 aliphatic carbocycles. The van der Waals surface area contributed by atoms with Crippen LogP contribution in [-0.2, 0) is 0 Å². The lowest BCUT2D eigenvalue weighted by molar-refractivity contribution is 0.0696. The van der Waals surface area contributed by atoms with Crippen molar-refractivity contribution in [3.05, 3.63) is 53.3 Å². The number of halogens is 1. The summed E-state index contributed by atoms with van der Waals surface area (Å²) >= 11 is 6.04. The minimum atomic E-state index is -1.02. The topological polar surface area (TPSA) is 63.3 Å². The molecule has 0 radical (unpaired) electrons. The molecule has 2 aromatic heterocycles. The molecule has 0 spiro atoms. The van der Waals surface area contributed by atoms with E-state index in [4.69, 9.17) is 21.1 Å². The van der Waals surface area contributed by atoms with Gasteiger partial charge >= 0.3 is 5.97 Å². The van der Waals surface area contributed by atoms with Crippen LogP contribution < -0.4 is 0 Å². The van der Waals surface area contributed by atoms with E-state index in [-0.39, 0.29) is 5.56 Å². The summed E-state index contributed by atoms with van der Waals surface area (Å²) in [6.07, 6.45) is 2.85. The number of carbonyl (C=O) groups is 1. The number of carboxylic acid groups (broad SMARTS) is 1. The minimum Gasteiger partial charge on any atom is -0.478 e. The van der Waals surface area contributed by atoms with Crippen molar-refractivity contribution in [2.24, 2.45) is 0 Å². The molecule has 0 bridgehead atoms. The Hall–Kier alpha value is -2.33. The van der Waals surface area contributed by atoms with Gasteiger partial charge in [0.15, 0.2) is 5.58 Å². The number of pyridine rings is 1. The number of benzene rings is 1. The summed E-state index contributed by atoms with van der Waals surface area (Å²) in [5.41, 5.74) is 1.30. The molecule has 2 heterocycles. The Kier molecular flexibility index (Phi) is 2.72. The Morgan fingerprint density at radius 3 is 2.84 bits per heavy atom. The number of aromatic nitrogens is 1. The largest absolute Gasteiger partial charge is 0.478 e. The first kappa shape index (κ1) is 11.7. The molecular weight excluding hydrogens is 266 g/mol. The highest BCUT2D eigenvalue weighted by molar-refractivity contribution is 6.34. The first-order valence-corrected chi connectivity index (χ1v) is 5.90. The molecule has 0 atom stereocenters. The van der Waals surface area contributed by atoms with Crippen LogP contribution in [0.2, 0.25) is 5.02 Å². The molecule has 4 nitrogen and oxygen atoms in total. The summed E-state index contributed by atoms with van der Waals surface area (Å²) in [6.45, 7) is 0. The van der Waals surface area contributed by atoms with Gasteiger partial charge in [-0.15, -0.1) is 0 Å². The molecule has 3 aromatic rings. The fourth-order valence-corrected chi connectivity index (χ4v) is 2.08. The summed E-state index contributed by atoms with van der Waals surface area (Å²) in [7, 11) is 0. The normalized spacial score (nSPS) is 10.8. The lowest BCUT2D eigenvalue weighted by atomic mass is 10.1. The molecule has 5 heteroatoms. The van der Waals surface area contributed by atoms with Crippen LogP contribution in [0.1, 0.15) is 10.4 Å². The number of furan rings is 1. The molecule has 0 saturated carbocycles. The highest BCUT2D eigenvalue weighted by Gasteiger charge is 2.11. The summed E-state index contributed by atoms with van der Waals surface area (Å²) in [4.78, 5) is 14.8. The van der Waals surface area contributed by atoms with E-state index < -0.39 is 5.97 Å². The van der Waals surface area contributed by atoms with Crippen molar-refractivity contribution in [1.82, 2.24) is 4.98 Å². The third-order valence-corrected chi connectivity index (χ3v) is 3.06. The quantitative estimate of drug-likeness (QED) is 0.770. The minimum absolute atomic E-state index is 0.115. The van der Waals surface area contributed by atoms with Crippen LogP contribution in [0.4, 0.5) is 0 Å². The Morgan fingerprint density at radius 2 is 2.11 bits per heavy atom. The first-order valence-electron chi connectivity index (χ1n) is 5.52. The van der Waals surface area contributed by atoms with Crippen LogP contribution >= 0.6 is 11.6 Å². The van der Waals surface area contributed by atoms with Crippen molar-refractivity contribution in [2.45, 2.75) is 0 Å². The van der Waals surface area contributed by atoms with Crippen LogP contribution in [0, 0.1) is 0 Å². The first-order chi connectivity index (χ1) is 9.15. The Morgan fingerprint density at radius 1 is 1.26 bits per heavy atom. The van der Waals surface area contributed by atoms with E-state index >= 15 is 0 Å². The Labute approximate surface area is 113 Å². The molecule has 0 amide bonds.